The van der Waals surface area contributed by atoms with Gasteiger partial charge in [-0.1, -0.05) is 32.7 Å². The number of nitrogens with zero attached hydrogens (tertiary/aromatic N) is 2. The van der Waals surface area contributed by atoms with Crippen LogP contribution in [0.2, 0.25) is 5.02 Å². The number of benzene rings is 2. The summed E-state index contributed by atoms with van der Waals surface area (Å²) in [6, 6.07) is 11.1. The normalized spacial score (nSPS) is 10.8. The summed E-state index contributed by atoms with van der Waals surface area (Å²) < 4.78 is 6.33. The zero-order chi connectivity index (χ0) is 15.0. The zero-order valence-electron chi connectivity index (χ0n) is 11.1. The third kappa shape index (κ3) is 2.80. The lowest BCUT2D eigenvalue weighted by molar-refractivity contribution is 0.432. The van der Waals surface area contributed by atoms with Gasteiger partial charge in [-0.25, -0.2) is 0 Å². The van der Waals surface area contributed by atoms with Crippen LogP contribution in [0.4, 0.5) is 5.69 Å². The first-order valence-electron chi connectivity index (χ1n) is 6.20. The van der Waals surface area contributed by atoms with Gasteiger partial charge in [-0.15, -0.1) is 0 Å². The molecule has 2 N–H and O–H groups in total. The molecule has 0 fully saturated rings. The SMILES string of the molecule is Cc1cc(Br)ccc1-c1noc(-c2ccc(Cl)c(N)c2)n1. The van der Waals surface area contributed by atoms with Crippen LogP contribution in [0.5, 0.6) is 0 Å². The van der Waals surface area contributed by atoms with E-state index in [-0.39, 0.29) is 0 Å². The molecule has 0 amide bonds. The quantitative estimate of drug-likeness (QED) is 0.669. The second-order valence-electron chi connectivity index (χ2n) is 4.62. The molecule has 2 aromatic carbocycles. The number of halogens is 2. The van der Waals surface area contributed by atoms with Crippen molar-refractivity contribution in [2.75, 3.05) is 5.73 Å². The maximum atomic E-state index is 5.91. The number of hydrogen-bond donors (Lipinski definition) is 1. The first-order chi connectivity index (χ1) is 10.0. The molecule has 4 nitrogen and oxygen atoms in total. The lowest BCUT2D eigenvalue weighted by Gasteiger charge is -2.01. The summed E-state index contributed by atoms with van der Waals surface area (Å²) in [7, 11) is 0. The Balaban J connectivity index is 2.01. The Morgan fingerprint density at radius 2 is 2.00 bits per heavy atom. The second-order valence-corrected chi connectivity index (χ2v) is 5.94. The number of anilines is 1. The monoisotopic (exact) mass is 363 g/mol. The molecule has 0 unspecified atom stereocenters. The van der Waals surface area contributed by atoms with E-state index in [9.17, 15) is 0 Å². The van der Waals surface area contributed by atoms with E-state index in [1.165, 1.54) is 0 Å². The van der Waals surface area contributed by atoms with Crippen molar-refractivity contribution in [3.63, 3.8) is 0 Å². The van der Waals surface area contributed by atoms with Crippen molar-refractivity contribution in [2.24, 2.45) is 0 Å². The van der Waals surface area contributed by atoms with Crippen molar-refractivity contribution in [1.82, 2.24) is 10.1 Å². The Morgan fingerprint density at radius 1 is 1.19 bits per heavy atom. The molecular formula is C15H11BrClN3O. The van der Waals surface area contributed by atoms with Crippen LogP contribution in [-0.4, -0.2) is 10.1 Å². The Morgan fingerprint density at radius 3 is 2.71 bits per heavy atom. The third-order valence-corrected chi connectivity index (χ3v) is 3.94. The van der Waals surface area contributed by atoms with E-state index in [0.29, 0.717) is 22.4 Å². The Hall–Kier alpha value is -1.85. The van der Waals surface area contributed by atoms with E-state index in [2.05, 4.69) is 26.1 Å². The minimum Gasteiger partial charge on any atom is -0.398 e. The zero-order valence-corrected chi connectivity index (χ0v) is 13.4. The first-order valence-corrected chi connectivity index (χ1v) is 7.37. The molecule has 0 aliphatic rings. The summed E-state index contributed by atoms with van der Waals surface area (Å²) in [6.45, 7) is 2.00. The summed E-state index contributed by atoms with van der Waals surface area (Å²) >= 11 is 9.34. The van der Waals surface area contributed by atoms with Gasteiger partial charge in [0, 0.05) is 15.6 Å². The number of hydrogen-bond acceptors (Lipinski definition) is 4. The van der Waals surface area contributed by atoms with Crippen molar-refractivity contribution in [2.45, 2.75) is 6.92 Å². The fourth-order valence-electron chi connectivity index (χ4n) is 2.00. The third-order valence-electron chi connectivity index (χ3n) is 3.10. The number of aryl methyl sites for hydroxylation is 1. The predicted octanol–water partition coefficient (Wildman–Crippen LogP) is 4.71. The van der Waals surface area contributed by atoms with Gasteiger partial charge in [-0.3, -0.25) is 0 Å². The minimum absolute atomic E-state index is 0.413. The van der Waals surface area contributed by atoms with Gasteiger partial charge in [0.05, 0.1) is 10.7 Å². The highest BCUT2D eigenvalue weighted by Crippen LogP contribution is 2.29. The molecule has 1 aromatic heterocycles. The van der Waals surface area contributed by atoms with Gasteiger partial charge in [0.15, 0.2) is 0 Å². The highest BCUT2D eigenvalue weighted by molar-refractivity contribution is 9.10. The Bertz CT molecular complexity index is 816. The van der Waals surface area contributed by atoms with Crippen molar-refractivity contribution >= 4 is 33.2 Å². The predicted molar refractivity (Wildman–Crippen MR) is 87.0 cm³/mol. The fraction of sp³-hybridized carbons (Fsp3) is 0.0667. The number of nitrogens with two attached hydrogens (primary N) is 1. The van der Waals surface area contributed by atoms with Gasteiger partial charge >= 0.3 is 0 Å². The lowest BCUT2D eigenvalue weighted by Crippen LogP contribution is -1.88. The molecule has 0 radical (unpaired) electrons. The van der Waals surface area contributed by atoms with Gasteiger partial charge in [0.1, 0.15) is 0 Å². The van der Waals surface area contributed by atoms with E-state index in [1.54, 1.807) is 18.2 Å². The smallest absolute Gasteiger partial charge is 0.258 e. The number of aromatic nitrogens is 2. The molecule has 0 atom stereocenters. The van der Waals surface area contributed by atoms with Crippen molar-refractivity contribution in [3.8, 4) is 22.8 Å². The highest BCUT2D eigenvalue weighted by atomic mass is 79.9. The molecule has 6 heteroatoms. The average Bonchev–Trinajstić information content (AvgIpc) is 2.91. The fourth-order valence-corrected chi connectivity index (χ4v) is 2.60. The molecule has 0 saturated heterocycles. The minimum atomic E-state index is 0.413. The summed E-state index contributed by atoms with van der Waals surface area (Å²) in [6.07, 6.45) is 0. The van der Waals surface area contributed by atoms with E-state index in [0.717, 1.165) is 21.2 Å². The van der Waals surface area contributed by atoms with E-state index < -0.39 is 0 Å². The summed E-state index contributed by atoms with van der Waals surface area (Å²) in [5.41, 5.74) is 9.00. The summed E-state index contributed by atoms with van der Waals surface area (Å²) in [5, 5.41) is 4.53. The highest BCUT2D eigenvalue weighted by Gasteiger charge is 2.13. The van der Waals surface area contributed by atoms with Crippen LogP contribution in [0, 0.1) is 6.92 Å². The Kier molecular flexibility index (Phi) is 3.69. The Labute approximate surface area is 135 Å². The molecule has 21 heavy (non-hydrogen) atoms. The molecule has 3 aromatic rings. The maximum absolute atomic E-state index is 5.91. The van der Waals surface area contributed by atoms with Crippen LogP contribution in [0.15, 0.2) is 45.4 Å². The maximum Gasteiger partial charge on any atom is 0.258 e. The molecule has 106 valence electrons. The molecule has 3 rings (SSSR count). The summed E-state index contributed by atoms with van der Waals surface area (Å²) in [4.78, 5) is 4.42. The van der Waals surface area contributed by atoms with Gasteiger partial charge in [0.2, 0.25) is 5.82 Å². The second kappa shape index (κ2) is 5.50. The van der Waals surface area contributed by atoms with Crippen LogP contribution >= 0.6 is 27.5 Å². The average molecular weight is 365 g/mol. The number of nitrogen functional groups attached to an aromatic ring is 1. The molecule has 0 aliphatic carbocycles. The van der Waals surface area contributed by atoms with Crippen LogP contribution in [0.25, 0.3) is 22.8 Å². The van der Waals surface area contributed by atoms with Gasteiger partial charge in [-0.2, -0.15) is 4.98 Å². The topological polar surface area (TPSA) is 64.9 Å². The summed E-state index contributed by atoms with van der Waals surface area (Å²) in [5.74, 6) is 0.958. The van der Waals surface area contributed by atoms with E-state index in [4.69, 9.17) is 21.9 Å². The lowest BCUT2D eigenvalue weighted by atomic mass is 10.1. The van der Waals surface area contributed by atoms with Crippen LogP contribution < -0.4 is 5.73 Å². The van der Waals surface area contributed by atoms with Gasteiger partial charge in [-0.05, 0) is 48.9 Å². The molecule has 0 spiro atoms. The molecule has 0 aliphatic heterocycles. The van der Waals surface area contributed by atoms with Crippen LogP contribution in [0.3, 0.4) is 0 Å². The van der Waals surface area contributed by atoms with E-state index in [1.807, 2.05) is 25.1 Å². The van der Waals surface area contributed by atoms with Crippen molar-refractivity contribution in [1.29, 1.82) is 0 Å². The number of rotatable bonds is 2. The van der Waals surface area contributed by atoms with Crippen molar-refractivity contribution in [3.05, 3.63) is 51.5 Å². The van der Waals surface area contributed by atoms with E-state index >= 15 is 0 Å². The molecule has 0 saturated carbocycles. The first kappa shape index (κ1) is 14.1. The standard InChI is InChI=1S/C15H11BrClN3O/c1-8-6-10(16)3-4-11(8)14-19-15(21-20-14)9-2-5-12(17)13(18)7-9/h2-7H,18H2,1H3. The van der Waals surface area contributed by atoms with Gasteiger partial charge < -0.3 is 10.3 Å². The molecular weight excluding hydrogens is 354 g/mol. The largest absolute Gasteiger partial charge is 0.398 e. The van der Waals surface area contributed by atoms with Gasteiger partial charge in [0.25, 0.3) is 5.89 Å². The van der Waals surface area contributed by atoms with Crippen LogP contribution in [-0.2, 0) is 0 Å². The molecule has 1 heterocycles. The molecule has 0 bridgehead atoms. The van der Waals surface area contributed by atoms with Crippen LogP contribution in [0.1, 0.15) is 5.56 Å². The van der Waals surface area contributed by atoms with Crippen molar-refractivity contribution < 1.29 is 4.52 Å².